The van der Waals surface area contributed by atoms with Gasteiger partial charge in [0.1, 0.15) is 0 Å². The molecule has 0 saturated heterocycles. The van der Waals surface area contributed by atoms with Crippen molar-refractivity contribution in [2.24, 2.45) is 0 Å². The van der Waals surface area contributed by atoms with Gasteiger partial charge < -0.3 is 20.1 Å². The van der Waals surface area contributed by atoms with Gasteiger partial charge in [-0.3, -0.25) is 0 Å². The highest BCUT2D eigenvalue weighted by Gasteiger charge is 2.14. The van der Waals surface area contributed by atoms with E-state index >= 15 is 0 Å². The monoisotopic (exact) mass is 516 g/mol. The van der Waals surface area contributed by atoms with Crippen LogP contribution in [0.5, 0.6) is 11.5 Å². The Labute approximate surface area is 231 Å². The summed E-state index contributed by atoms with van der Waals surface area (Å²) in [6.07, 6.45) is 6.53. The van der Waals surface area contributed by atoms with Crippen molar-refractivity contribution < 1.29 is 9.47 Å². The molecule has 3 rings (SSSR count). The predicted molar refractivity (Wildman–Crippen MR) is 160 cm³/mol. The fourth-order valence-electron chi connectivity index (χ4n) is 4.60. The van der Waals surface area contributed by atoms with Gasteiger partial charge in [0.15, 0.2) is 11.5 Å². The van der Waals surface area contributed by atoms with Crippen molar-refractivity contribution in [3.05, 3.63) is 95.6 Å². The maximum Gasteiger partial charge on any atom is 0.161 e. The summed E-state index contributed by atoms with van der Waals surface area (Å²) in [5.41, 5.74) is 4.01. The van der Waals surface area contributed by atoms with Gasteiger partial charge >= 0.3 is 0 Å². The normalized spacial score (nSPS) is 12.0. The minimum absolute atomic E-state index is 0.258. The number of hydrogen-bond acceptors (Lipinski definition) is 4. The predicted octanol–water partition coefficient (Wildman–Crippen LogP) is 7.90. The van der Waals surface area contributed by atoms with Crippen LogP contribution in [0.4, 0.5) is 0 Å². The smallest absolute Gasteiger partial charge is 0.161 e. The second-order valence-corrected chi connectivity index (χ2v) is 10.1. The molecule has 0 aliphatic rings. The molecule has 3 aromatic carbocycles. The summed E-state index contributed by atoms with van der Waals surface area (Å²) >= 11 is 0. The maximum atomic E-state index is 6.09. The number of rotatable bonds is 19. The van der Waals surface area contributed by atoms with E-state index in [0.717, 1.165) is 82.9 Å². The van der Waals surface area contributed by atoms with Gasteiger partial charge in [-0.05, 0) is 81.1 Å². The van der Waals surface area contributed by atoms with Crippen LogP contribution in [-0.4, -0.2) is 32.8 Å². The summed E-state index contributed by atoms with van der Waals surface area (Å²) in [5.74, 6) is 2.15. The molecular weight excluding hydrogens is 468 g/mol. The zero-order chi connectivity index (χ0) is 26.8. The van der Waals surface area contributed by atoms with Crippen LogP contribution in [0.3, 0.4) is 0 Å². The molecule has 0 spiro atoms. The Balaban J connectivity index is 1.42. The van der Waals surface area contributed by atoms with Crippen LogP contribution in [0.1, 0.15) is 87.9 Å². The van der Waals surface area contributed by atoms with Gasteiger partial charge in [-0.25, -0.2) is 0 Å². The molecule has 0 fully saturated rings. The Bertz CT molecular complexity index is 970. The van der Waals surface area contributed by atoms with Crippen molar-refractivity contribution in [2.75, 3.05) is 32.8 Å². The highest BCUT2D eigenvalue weighted by Crippen LogP contribution is 2.31. The van der Waals surface area contributed by atoms with Crippen molar-refractivity contribution >= 4 is 0 Å². The van der Waals surface area contributed by atoms with E-state index < -0.39 is 0 Å². The molecule has 0 aliphatic heterocycles. The average Bonchev–Trinajstić information content (AvgIpc) is 2.96. The molecule has 3 aromatic rings. The number of hydrogen-bond donors (Lipinski definition) is 2. The molecule has 1 atom stereocenters. The topological polar surface area (TPSA) is 42.5 Å². The standard InChI is InChI=1S/C34H48N2O2/c1-4-6-25-37-33-20-19-31(27-34(33)38-26-7-5-2)28(3)36-23-14-22-35-24-21-32(29-15-10-8-11-16-29)30-17-12-9-13-18-30/h8-13,15-20,27-28,32,35-36H,4-7,14,21-26H2,1-3H3/t28-/m1/s1. The second kappa shape index (κ2) is 17.6. The molecule has 4 nitrogen and oxygen atoms in total. The first kappa shape index (κ1) is 29.7. The lowest BCUT2D eigenvalue weighted by atomic mass is 9.88. The molecule has 206 valence electrons. The number of benzene rings is 3. The lowest BCUT2D eigenvalue weighted by Gasteiger charge is -2.19. The van der Waals surface area contributed by atoms with Crippen molar-refractivity contribution in [2.45, 2.75) is 71.3 Å². The first-order chi connectivity index (χ1) is 18.7. The lowest BCUT2D eigenvalue weighted by Crippen LogP contribution is -2.25. The van der Waals surface area contributed by atoms with Crippen LogP contribution < -0.4 is 20.1 Å². The Morgan fingerprint density at radius 1 is 0.632 bits per heavy atom. The summed E-state index contributed by atoms with van der Waals surface area (Å²) in [4.78, 5) is 0. The third-order valence-corrected chi connectivity index (χ3v) is 6.97. The van der Waals surface area contributed by atoms with Crippen molar-refractivity contribution in [1.82, 2.24) is 10.6 Å². The minimum Gasteiger partial charge on any atom is -0.490 e. The van der Waals surface area contributed by atoms with Crippen LogP contribution in [0.15, 0.2) is 78.9 Å². The third kappa shape index (κ3) is 10.2. The molecule has 0 amide bonds. The van der Waals surface area contributed by atoms with Crippen molar-refractivity contribution in [1.29, 1.82) is 0 Å². The third-order valence-electron chi connectivity index (χ3n) is 6.97. The number of ether oxygens (including phenoxy) is 2. The molecular formula is C34H48N2O2. The van der Waals surface area contributed by atoms with Gasteiger partial charge in [-0.15, -0.1) is 0 Å². The molecule has 0 heterocycles. The van der Waals surface area contributed by atoms with E-state index in [4.69, 9.17) is 9.47 Å². The van der Waals surface area contributed by atoms with Gasteiger partial charge in [-0.1, -0.05) is 93.4 Å². The molecule has 0 aromatic heterocycles. The molecule has 0 aliphatic carbocycles. The van der Waals surface area contributed by atoms with Crippen LogP contribution in [-0.2, 0) is 0 Å². The summed E-state index contributed by atoms with van der Waals surface area (Å²) in [7, 11) is 0. The van der Waals surface area contributed by atoms with Crippen molar-refractivity contribution in [3.63, 3.8) is 0 Å². The van der Waals surface area contributed by atoms with E-state index in [-0.39, 0.29) is 6.04 Å². The van der Waals surface area contributed by atoms with Crippen LogP contribution in [0.25, 0.3) is 0 Å². The van der Waals surface area contributed by atoms with Crippen LogP contribution >= 0.6 is 0 Å². The van der Waals surface area contributed by atoms with Gasteiger partial charge in [0.25, 0.3) is 0 Å². The van der Waals surface area contributed by atoms with E-state index in [0.29, 0.717) is 5.92 Å². The quantitative estimate of drug-likeness (QED) is 0.159. The zero-order valence-electron chi connectivity index (χ0n) is 23.8. The molecule has 0 bridgehead atoms. The largest absolute Gasteiger partial charge is 0.490 e. The number of unbranched alkanes of at least 4 members (excludes halogenated alkanes) is 2. The van der Waals surface area contributed by atoms with E-state index in [1.54, 1.807) is 0 Å². The SMILES string of the molecule is CCCCOc1ccc([C@@H](C)NCCCNCCC(c2ccccc2)c2ccccc2)cc1OCCCC. The summed E-state index contributed by atoms with van der Waals surface area (Å²) in [6, 6.07) is 28.4. The zero-order valence-corrected chi connectivity index (χ0v) is 23.8. The molecule has 0 unspecified atom stereocenters. The molecule has 2 N–H and O–H groups in total. The fraction of sp³-hybridized carbons (Fsp3) is 0.471. The summed E-state index contributed by atoms with van der Waals surface area (Å²) in [6.45, 7) is 11.0. The average molecular weight is 517 g/mol. The molecule has 0 saturated carbocycles. The summed E-state index contributed by atoms with van der Waals surface area (Å²) < 4.78 is 12.1. The first-order valence-electron chi connectivity index (χ1n) is 14.7. The van der Waals surface area contributed by atoms with Gasteiger partial charge in [0.05, 0.1) is 13.2 Å². The maximum absolute atomic E-state index is 6.09. The summed E-state index contributed by atoms with van der Waals surface area (Å²) in [5, 5.41) is 7.34. The van der Waals surface area contributed by atoms with Crippen LogP contribution in [0.2, 0.25) is 0 Å². The van der Waals surface area contributed by atoms with Gasteiger partial charge in [-0.2, -0.15) is 0 Å². The highest BCUT2D eigenvalue weighted by atomic mass is 16.5. The van der Waals surface area contributed by atoms with E-state index in [1.807, 2.05) is 0 Å². The Morgan fingerprint density at radius 3 is 1.84 bits per heavy atom. The molecule has 0 radical (unpaired) electrons. The fourth-order valence-corrected chi connectivity index (χ4v) is 4.60. The highest BCUT2D eigenvalue weighted by molar-refractivity contribution is 5.44. The minimum atomic E-state index is 0.258. The van der Waals surface area contributed by atoms with E-state index in [2.05, 4.69) is 110 Å². The Hall–Kier alpha value is -2.82. The first-order valence-corrected chi connectivity index (χ1v) is 14.7. The molecule has 4 heteroatoms. The van der Waals surface area contributed by atoms with E-state index in [9.17, 15) is 0 Å². The number of nitrogens with one attached hydrogen (secondary N) is 2. The van der Waals surface area contributed by atoms with Crippen LogP contribution in [0, 0.1) is 0 Å². The lowest BCUT2D eigenvalue weighted by molar-refractivity contribution is 0.261. The second-order valence-electron chi connectivity index (χ2n) is 10.1. The Kier molecular flexibility index (Phi) is 13.8. The van der Waals surface area contributed by atoms with E-state index in [1.165, 1.54) is 16.7 Å². The van der Waals surface area contributed by atoms with Gasteiger partial charge in [0, 0.05) is 12.0 Å². The Morgan fingerprint density at radius 2 is 1.24 bits per heavy atom. The molecule has 38 heavy (non-hydrogen) atoms. The van der Waals surface area contributed by atoms with Gasteiger partial charge in [0.2, 0.25) is 0 Å². The van der Waals surface area contributed by atoms with Crippen molar-refractivity contribution in [3.8, 4) is 11.5 Å².